The van der Waals surface area contributed by atoms with E-state index in [2.05, 4.69) is 44.7 Å². The van der Waals surface area contributed by atoms with Gasteiger partial charge in [-0.15, -0.1) is 12.4 Å². The number of hydrogen-bond acceptors (Lipinski definition) is 4. The lowest BCUT2D eigenvalue weighted by molar-refractivity contribution is -0.156. The molecule has 0 radical (unpaired) electrons. The number of carboxylic acid groups (broad SMARTS) is 1. The molecule has 0 aromatic heterocycles. The smallest absolute Gasteiger partial charge is 0.318 e. The highest BCUT2D eigenvalue weighted by atomic mass is 35.5. The molecule has 1 N–H and O–H groups in total. The van der Waals surface area contributed by atoms with Crippen LogP contribution in [0.25, 0.3) is 0 Å². The normalized spacial score (nSPS) is 22.1. The summed E-state index contributed by atoms with van der Waals surface area (Å²) in [4.78, 5) is 27.2. The van der Waals surface area contributed by atoms with E-state index in [1.54, 1.807) is 0 Å². The standard InChI is InChI=1S/C21H33NO2.C13H16O2.ClH/c1-6-24-20(23)21(18-12-8-7-9-13-18)15-11-10-14-19(21)22(16(2)3)17(4)5;14-12(15)13(9-5-2-6-10-13)11-7-3-1-4-8-11;/h7-9,12-13,16-17,19H,6,10-11,14-15H2,1-5H3;1,3-4,7-8H,2,5-6,9-10H2,(H,14,15);1H. The van der Waals surface area contributed by atoms with Crippen molar-refractivity contribution in [2.75, 3.05) is 6.61 Å². The van der Waals surface area contributed by atoms with Crippen LogP contribution in [0.15, 0.2) is 60.7 Å². The molecule has 40 heavy (non-hydrogen) atoms. The van der Waals surface area contributed by atoms with E-state index in [1.807, 2.05) is 55.5 Å². The van der Waals surface area contributed by atoms with Gasteiger partial charge in [0.05, 0.1) is 12.0 Å². The minimum Gasteiger partial charge on any atom is -0.481 e. The second kappa shape index (κ2) is 15.6. The number of rotatable bonds is 8. The molecule has 2 aromatic rings. The second-order valence-electron chi connectivity index (χ2n) is 11.8. The SMILES string of the molecule is CCOC(=O)C1(c2ccccc2)CCCCC1N(C(C)C)C(C)C.Cl.O=C(O)C1(c2ccccc2)CCCCC1. The largest absolute Gasteiger partial charge is 0.481 e. The summed E-state index contributed by atoms with van der Waals surface area (Å²) in [6.45, 7) is 11.3. The maximum atomic E-state index is 13.2. The summed E-state index contributed by atoms with van der Waals surface area (Å²) in [5.74, 6) is -0.708. The summed E-state index contributed by atoms with van der Waals surface area (Å²) >= 11 is 0. The fourth-order valence-electron chi connectivity index (χ4n) is 7.10. The van der Waals surface area contributed by atoms with Crippen molar-refractivity contribution < 1.29 is 19.4 Å². The highest BCUT2D eigenvalue weighted by Crippen LogP contribution is 2.44. The Morgan fingerprint density at radius 2 is 1.32 bits per heavy atom. The first-order valence-corrected chi connectivity index (χ1v) is 15.0. The zero-order valence-corrected chi connectivity index (χ0v) is 25.9. The number of nitrogens with zero attached hydrogens (tertiary/aromatic N) is 1. The maximum Gasteiger partial charge on any atom is 0.318 e. The number of hydrogen-bond donors (Lipinski definition) is 1. The molecule has 222 valence electrons. The number of aliphatic carboxylic acids is 1. The Kier molecular flexibility index (Phi) is 13.2. The molecule has 2 aliphatic carbocycles. The summed E-state index contributed by atoms with van der Waals surface area (Å²) in [6.07, 6.45) is 8.96. The van der Waals surface area contributed by atoms with Crippen LogP contribution < -0.4 is 0 Å². The fourth-order valence-corrected chi connectivity index (χ4v) is 7.10. The molecule has 0 amide bonds. The lowest BCUT2D eigenvalue weighted by atomic mass is 9.65. The Morgan fingerprint density at radius 3 is 1.80 bits per heavy atom. The van der Waals surface area contributed by atoms with Crippen molar-refractivity contribution in [3.8, 4) is 0 Å². The van der Waals surface area contributed by atoms with Crippen molar-refractivity contribution in [3.63, 3.8) is 0 Å². The maximum absolute atomic E-state index is 13.2. The number of halogens is 1. The molecular weight excluding hydrogens is 522 g/mol. The van der Waals surface area contributed by atoms with Crippen molar-refractivity contribution in [3.05, 3.63) is 71.8 Å². The van der Waals surface area contributed by atoms with Crippen LogP contribution in [0.2, 0.25) is 0 Å². The molecule has 0 heterocycles. The molecule has 4 rings (SSSR count). The monoisotopic (exact) mass is 571 g/mol. The molecule has 2 aliphatic rings. The molecule has 0 spiro atoms. The predicted octanol–water partition coefficient (Wildman–Crippen LogP) is 7.94. The topological polar surface area (TPSA) is 66.8 Å². The van der Waals surface area contributed by atoms with E-state index >= 15 is 0 Å². The van der Waals surface area contributed by atoms with Crippen LogP contribution in [0.5, 0.6) is 0 Å². The first kappa shape index (κ1) is 33.8. The van der Waals surface area contributed by atoms with Crippen molar-refractivity contribution in [2.24, 2.45) is 0 Å². The number of esters is 1. The zero-order chi connectivity index (χ0) is 28.5. The third-order valence-corrected chi connectivity index (χ3v) is 8.79. The quantitative estimate of drug-likeness (QED) is 0.326. The Bertz CT molecular complexity index is 1030. The molecule has 2 saturated carbocycles. The van der Waals surface area contributed by atoms with Crippen LogP contribution in [0.4, 0.5) is 0 Å². The van der Waals surface area contributed by atoms with Crippen molar-refractivity contribution in [1.29, 1.82) is 0 Å². The van der Waals surface area contributed by atoms with E-state index < -0.39 is 16.8 Å². The number of carbonyl (C=O) groups excluding carboxylic acids is 1. The summed E-state index contributed by atoms with van der Waals surface area (Å²) in [5.41, 5.74) is 0.917. The van der Waals surface area contributed by atoms with Gasteiger partial charge in [0.25, 0.3) is 0 Å². The van der Waals surface area contributed by atoms with Gasteiger partial charge in [0.2, 0.25) is 0 Å². The second-order valence-corrected chi connectivity index (χ2v) is 11.8. The average Bonchev–Trinajstić information content (AvgIpc) is 2.95. The number of benzene rings is 2. The minimum atomic E-state index is -0.659. The average molecular weight is 572 g/mol. The zero-order valence-electron chi connectivity index (χ0n) is 25.1. The van der Waals surface area contributed by atoms with Gasteiger partial charge in [-0.25, -0.2) is 0 Å². The highest BCUT2D eigenvalue weighted by molar-refractivity contribution is 5.85. The lowest BCUT2D eigenvalue weighted by Gasteiger charge is -2.50. The van der Waals surface area contributed by atoms with Gasteiger partial charge in [-0.2, -0.15) is 0 Å². The van der Waals surface area contributed by atoms with Crippen LogP contribution in [0.3, 0.4) is 0 Å². The number of carbonyl (C=O) groups is 2. The number of ether oxygens (including phenoxy) is 1. The van der Waals surface area contributed by atoms with Crippen LogP contribution >= 0.6 is 12.4 Å². The molecule has 6 heteroatoms. The van der Waals surface area contributed by atoms with Gasteiger partial charge in [-0.3, -0.25) is 14.5 Å². The summed E-state index contributed by atoms with van der Waals surface area (Å²) in [5, 5.41) is 9.44. The Balaban J connectivity index is 0.000000301. The lowest BCUT2D eigenvalue weighted by Crippen LogP contribution is -2.60. The van der Waals surface area contributed by atoms with Gasteiger partial charge in [0.1, 0.15) is 5.41 Å². The van der Waals surface area contributed by atoms with Gasteiger partial charge < -0.3 is 9.84 Å². The van der Waals surface area contributed by atoms with Gasteiger partial charge in [-0.1, -0.05) is 92.8 Å². The van der Waals surface area contributed by atoms with Crippen LogP contribution in [0.1, 0.15) is 104 Å². The third kappa shape index (κ3) is 7.28. The van der Waals surface area contributed by atoms with Crippen molar-refractivity contribution in [1.82, 2.24) is 4.90 Å². The van der Waals surface area contributed by atoms with E-state index in [9.17, 15) is 14.7 Å². The Hall–Kier alpha value is -2.37. The molecule has 0 bridgehead atoms. The fraction of sp³-hybridized carbons (Fsp3) is 0.588. The number of carboxylic acids is 1. The summed E-state index contributed by atoms with van der Waals surface area (Å²) in [7, 11) is 0. The van der Waals surface area contributed by atoms with E-state index in [0.29, 0.717) is 18.7 Å². The molecule has 2 fully saturated rings. The minimum absolute atomic E-state index is 0. The van der Waals surface area contributed by atoms with Crippen molar-refractivity contribution in [2.45, 2.75) is 121 Å². The summed E-state index contributed by atoms with van der Waals surface area (Å²) < 4.78 is 5.61. The molecule has 0 aliphatic heterocycles. The van der Waals surface area contributed by atoms with Gasteiger partial charge in [0, 0.05) is 18.1 Å². The van der Waals surface area contributed by atoms with E-state index in [4.69, 9.17) is 4.74 Å². The Labute approximate surface area is 248 Å². The van der Waals surface area contributed by atoms with E-state index in [1.165, 1.54) is 12.8 Å². The van der Waals surface area contributed by atoms with Gasteiger partial charge in [-0.05, 0) is 71.4 Å². The molecule has 2 unspecified atom stereocenters. The highest BCUT2D eigenvalue weighted by Gasteiger charge is 2.52. The van der Waals surface area contributed by atoms with E-state index in [0.717, 1.165) is 56.1 Å². The van der Waals surface area contributed by atoms with Crippen LogP contribution in [-0.4, -0.2) is 46.7 Å². The molecule has 2 atom stereocenters. The van der Waals surface area contributed by atoms with E-state index in [-0.39, 0.29) is 24.4 Å². The van der Waals surface area contributed by atoms with Gasteiger partial charge in [0.15, 0.2) is 0 Å². The van der Waals surface area contributed by atoms with Crippen LogP contribution in [-0.2, 0) is 25.2 Å². The van der Waals surface area contributed by atoms with Crippen molar-refractivity contribution >= 4 is 24.3 Å². The third-order valence-electron chi connectivity index (χ3n) is 8.79. The van der Waals surface area contributed by atoms with Crippen LogP contribution in [0, 0.1) is 0 Å². The van der Waals surface area contributed by atoms with Gasteiger partial charge >= 0.3 is 11.9 Å². The predicted molar refractivity (Wildman–Crippen MR) is 165 cm³/mol. The molecule has 0 saturated heterocycles. The first-order valence-electron chi connectivity index (χ1n) is 15.0. The Morgan fingerprint density at radius 1 is 0.825 bits per heavy atom. The molecule has 2 aromatic carbocycles. The molecule has 5 nitrogen and oxygen atoms in total. The molecular formula is C34H50ClNO4. The summed E-state index contributed by atoms with van der Waals surface area (Å²) in [6, 6.07) is 21.0. The first-order chi connectivity index (χ1) is 18.7.